The number of hydrogen-bond acceptors (Lipinski definition) is 3. The van der Waals surface area contributed by atoms with Crippen LogP contribution in [0.5, 0.6) is 0 Å². The summed E-state index contributed by atoms with van der Waals surface area (Å²) in [6.07, 6.45) is 0.992. The van der Waals surface area contributed by atoms with Gasteiger partial charge in [-0.3, -0.25) is 4.79 Å². The van der Waals surface area contributed by atoms with Gasteiger partial charge < -0.3 is 10.2 Å². The van der Waals surface area contributed by atoms with Gasteiger partial charge in [0.2, 0.25) is 5.91 Å². The standard InChI is InChI=1S/C18H28N2OS/c1-13-16(21)20(12-6-11-19-5)17(22-13)14-7-9-15(10-8-14)18(2,3)4/h7-10,13,17,19H,6,11-12H2,1-5H3. The zero-order valence-corrected chi connectivity index (χ0v) is 15.2. The minimum atomic E-state index is 0.0573. The van der Waals surface area contributed by atoms with Gasteiger partial charge in [0.25, 0.3) is 0 Å². The number of carbonyl (C=O) groups excluding carboxylic acids is 1. The van der Waals surface area contributed by atoms with Crippen LogP contribution >= 0.6 is 11.8 Å². The molecule has 22 heavy (non-hydrogen) atoms. The quantitative estimate of drug-likeness (QED) is 0.842. The lowest BCUT2D eigenvalue weighted by Crippen LogP contribution is -2.32. The highest BCUT2D eigenvalue weighted by Gasteiger charge is 2.37. The fourth-order valence-electron chi connectivity index (χ4n) is 2.73. The molecule has 0 bridgehead atoms. The van der Waals surface area contributed by atoms with E-state index < -0.39 is 0 Å². The number of rotatable bonds is 5. The molecule has 0 aromatic heterocycles. The molecule has 1 aliphatic heterocycles. The van der Waals surface area contributed by atoms with Crippen LogP contribution < -0.4 is 5.32 Å². The van der Waals surface area contributed by atoms with Crippen LogP contribution in [0.1, 0.15) is 50.6 Å². The van der Waals surface area contributed by atoms with Gasteiger partial charge in [0.15, 0.2) is 0 Å². The molecule has 2 atom stereocenters. The molecule has 1 aromatic carbocycles. The molecule has 2 unspecified atom stereocenters. The molecule has 1 amide bonds. The van der Waals surface area contributed by atoms with Crippen molar-refractivity contribution in [3.05, 3.63) is 35.4 Å². The van der Waals surface area contributed by atoms with E-state index in [1.807, 2.05) is 18.9 Å². The molecular weight excluding hydrogens is 292 g/mol. The molecule has 2 rings (SSSR count). The Balaban J connectivity index is 2.16. The lowest BCUT2D eigenvalue weighted by atomic mass is 9.86. The molecule has 0 spiro atoms. The van der Waals surface area contributed by atoms with Gasteiger partial charge in [0.05, 0.1) is 5.25 Å². The van der Waals surface area contributed by atoms with Crippen LogP contribution in [0.15, 0.2) is 24.3 Å². The van der Waals surface area contributed by atoms with E-state index in [2.05, 4.69) is 50.4 Å². The third kappa shape index (κ3) is 3.85. The fraction of sp³-hybridized carbons (Fsp3) is 0.611. The molecule has 122 valence electrons. The Bertz CT molecular complexity index is 507. The second-order valence-corrected chi connectivity index (χ2v) is 8.42. The Morgan fingerprint density at radius 2 is 1.86 bits per heavy atom. The number of nitrogens with one attached hydrogen (secondary N) is 1. The van der Waals surface area contributed by atoms with Gasteiger partial charge in [-0.05, 0) is 43.5 Å². The van der Waals surface area contributed by atoms with E-state index in [1.165, 1.54) is 11.1 Å². The van der Waals surface area contributed by atoms with Gasteiger partial charge >= 0.3 is 0 Å². The summed E-state index contributed by atoms with van der Waals surface area (Å²) in [4.78, 5) is 14.4. The summed E-state index contributed by atoms with van der Waals surface area (Å²) >= 11 is 1.76. The maximum atomic E-state index is 12.4. The Labute approximate surface area is 138 Å². The van der Waals surface area contributed by atoms with Crippen molar-refractivity contribution in [2.45, 2.75) is 50.2 Å². The molecule has 1 heterocycles. The number of amides is 1. The topological polar surface area (TPSA) is 32.3 Å². The van der Waals surface area contributed by atoms with Crippen LogP contribution in [0.4, 0.5) is 0 Å². The summed E-state index contributed by atoms with van der Waals surface area (Å²) in [6.45, 7) is 10.5. The number of hydrogen-bond donors (Lipinski definition) is 1. The van der Waals surface area contributed by atoms with E-state index in [0.717, 1.165) is 19.5 Å². The van der Waals surface area contributed by atoms with Gasteiger partial charge in [-0.1, -0.05) is 45.0 Å². The van der Waals surface area contributed by atoms with E-state index in [0.29, 0.717) is 0 Å². The first-order chi connectivity index (χ1) is 10.3. The number of carbonyl (C=O) groups is 1. The zero-order chi connectivity index (χ0) is 16.3. The van der Waals surface area contributed by atoms with Crippen molar-refractivity contribution < 1.29 is 4.79 Å². The molecule has 4 heteroatoms. The summed E-state index contributed by atoms with van der Waals surface area (Å²) in [7, 11) is 1.95. The van der Waals surface area contributed by atoms with Crippen molar-refractivity contribution in [2.24, 2.45) is 0 Å². The van der Waals surface area contributed by atoms with E-state index in [-0.39, 0.29) is 21.9 Å². The molecule has 1 fully saturated rings. The van der Waals surface area contributed by atoms with Crippen molar-refractivity contribution in [1.82, 2.24) is 10.2 Å². The summed E-state index contributed by atoms with van der Waals surface area (Å²) in [5.41, 5.74) is 2.73. The average molecular weight is 321 g/mol. The molecule has 3 nitrogen and oxygen atoms in total. The molecule has 0 saturated carbocycles. The van der Waals surface area contributed by atoms with Crippen LogP contribution in [-0.2, 0) is 10.2 Å². The Morgan fingerprint density at radius 1 is 1.23 bits per heavy atom. The molecule has 0 aliphatic carbocycles. The van der Waals surface area contributed by atoms with Crippen molar-refractivity contribution in [3.8, 4) is 0 Å². The number of nitrogens with zero attached hydrogens (tertiary/aromatic N) is 1. The fourth-order valence-corrected chi connectivity index (χ4v) is 4.04. The van der Waals surface area contributed by atoms with Gasteiger partial charge in [0.1, 0.15) is 5.37 Å². The predicted molar refractivity (Wildman–Crippen MR) is 95.2 cm³/mol. The minimum Gasteiger partial charge on any atom is -0.326 e. The van der Waals surface area contributed by atoms with Crippen molar-refractivity contribution in [2.75, 3.05) is 20.1 Å². The largest absolute Gasteiger partial charge is 0.326 e. The smallest absolute Gasteiger partial charge is 0.236 e. The maximum absolute atomic E-state index is 12.4. The zero-order valence-electron chi connectivity index (χ0n) is 14.3. The van der Waals surface area contributed by atoms with Crippen LogP contribution in [0.3, 0.4) is 0 Å². The van der Waals surface area contributed by atoms with Gasteiger partial charge in [-0.25, -0.2) is 0 Å². The highest BCUT2D eigenvalue weighted by Crippen LogP contribution is 2.43. The van der Waals surface area contributed by atoms with E-state index in [4.69, 9.17) is 0 Å². The highest BCUT2D eigenvalue weighted by atomic mass is 32.2. The third-order valence-electron chi connectivity index (χ3n) is 4.13. The van der Waals surface area contributed by atoms with E-state index >= 15 is 0 Å². The predicted octanol–water partition coefficient (Wildman–Crippen LogP) is 3.56. The normalized spacial score (nSPS) is 22.4. The highest BCUT2D eigenvalue weighted by molar-refractivity contribution is 8.01. The monoisotopic (exact) mass is 320 g/mol. The third-order valence-corrected chi connectivity index (χ3v) is 5.53. The molecule has 1 aromatic rings. The van der Waals surface area contributed by atoms with Gasteiger partial charge in [-0.15, -0.1) is 11.8 Å². The van der Waals surface area contributed by atoms with E-state index in [9.17, 15) is 4.79 Å². The maximum Gasteiger partial charge on any atom is 0.236 e. The van der Waals surface area contributed by atoms with Crippen molar-refractivity contribution in [1.29, 1.82) is 0 Å². The first-order valence-corrected chi connectivity index (χ1v) is 9.00. The first-order valence-electron chi connectivity index (χ1n) is 8.05. The Morgan fingerprint density at radius 3 is 2.41 bits per heavy atom. The second kappa shape index (κ2) is 7.05. The van der Waals surface area contributed by atoms with Gasteiger partial charge in [0, 0.05) is 6.54 Å². The van der Waals surface area contributed by atoms with Crippen molar-refractivity contribution >= 4 is 17.7 Å². The molecule has 1 N–H and O–H groups in total. The van der Waals surface area contributed by atoms with Crippen LogP contribution in [0.25, 0.3) is 0 Å². The SMILES string of the molecule is CNCCCN1C(=O)C(C)SC1c1ccc(C(C)(C)C)cc1. The summed E-state index contributed by atoms with van der Waals surface area (Å²) in [5.74, 6) is 0.269. The van der Waals surface area contributed by atoms with Crippen LogP contribution in [0.2, 0.25) is 0 Å². The summed E-state index contributed by atoms with van der Waals surface area (Å²) in [6, 6.07) is 8.79. The Kier molecular flexibility index (Phi) is 5.56. The average Bonchev–Trinajstić information content (AvgIpc) is 2.75. The molecule has 0 radical (unpaired) electrons. The molecule has 1 aliphatic rings. The summed E-state index contributed by atoms with van der Waals surface area (Å²) in [5, 5.41) is 3.37. The second-order valence-electron chi connectivity index (χ2n) is 6.99. The minimum absolute atomic E-state index is 0.0573. The first kappa shape index (κ1) is 17.4. The van der Waals surface area contributed by atoms with Gasteiger partial charge in [-0.2, -0.15) is 0 Å². The number of benzene rings is 1. The lowest BCUT2D eigenvalue weighted by Gasteiger charge is -2.25. The van der Waals surface area contributed by atoms with Crippen LogP contribution in [-0.4, -0.2) is 36.2 Å². The molecular formula is C18H28N2OS. The van der Waals surface area contributed by atoms with E-state index in [1.54, 1.807) is 11.8 Å². The Hall–Kier alpha value is -1.00. The molecule has 1 saturated heterocycles. The lowest BCUT2D eigenvalue weighted by molar-refractivity contribution is -0.129. The number of thioether (sulfide) groups is 1. The van der Waals surface area contributed by atoms with Crippen molar-refractivity contribution in [3.63, 3.8) is 0 Å². The summed E-state index contributed by atoms with van der Waals surface area (Å²) < 4.78 is 0. The van der Waals surface area contributed by atoms with Crippen LogP contribution in [0, 0.1) is 0 Å².